The first kappa shape index (κ1) is 14.2. The number of aldehydes is 1. The van der Waals surface area contributed by atoms with Gasteiger partial charge >= 0.3 is 0 Å². The van der Waals surface area contributed by atoms with Gasteiger partial charge in [-0.1, -0.05) is 0 Å². The molecule has 1 aliphatic rings. The van der Waals surface area contributed by atoms with Gasteiger partial charge in [-0.15, -0.1) is 0 Å². The first-order chi connectivity index (χ1) is 8.54. The number of nitrogens with one attached hydrogen (secondary N) is 2. The SMILES string of the molecule is C/N=C(C1=CC(F)=C(C=O)NC1)\C(C)=C(/C)NC. The summed E-state index contributed by atoms with van der Waals surface area (Å²) in [6.45, 7) is 4.24. The quantitative estimate of drug-likeness (QED) is 0.588. The van der Waals surface area contributed by atoms with Crippen molar-refractivity contribution in [2.45, 2.75) is 13.8 Å². The summed E-state index contributed by atoms with van der Waals surface area (Å²) >= 11 is 0. The van der Waals surface area contributed by atoms with Crippen LogP contribution in [0, 0.1) is 0 Å². The highest BCUT2D eigenvalue weighted by Gasteiger charge is 2.17. The monoisotopic (exact) mass is 251 g/mol. The molecular weight excluding hydrogens is 233 g/mol. The molecule has 4 nitrogen and oxygen atoms in total. The molecule has 2 N–H and O–H groups in total. The number of hydrogen-bond donors (Lipinski definition) is 2. The Morgan fingerprint density at radius 3 is 2.67 bits per heavy atom. The summed E-state index contributed by atoms with van der Waals surface area (Å²) in [5.41, 5.74) is 3.38. The van der Waals surface area contributed by atoms with Crippen LogP contribution >= 0.6 is 0 Å². The number of allylic oxidation sites excluding steroid dienone is 5. The number of dihydropyridines is 1. The summed E-state index contributed by atoms with van der Waals surface area (Å²) in [6.07, 6.45) is 1.84. The van der Waals surface area contributed by atoms with E-state index in [2.05, 4.69) is 15.6 Å². The van der Waals surface area contributed by atoms with Crippen LogP contribution in [0.25, 0.3) is 0 Å². The van der Waals surface area contributed by atoms with Gasteiger partial charge in [0.05, 0.1) is 5.71 Å². The van der Waals surface area contributed by atoms with Gasteiger partial charge in [0.15, 0.2) is 6.29 Å². The Kier molecular flexibility index (Phi) is 4.83. The van der Waals surface area contributed by atoms with Crippen molar-refractivity contribution < 1.29 is 9.18 Å². The van der Waals surface area contributed by atoms with Gasteiger partial charge in [0, 0.05) is 26.3 Å². The molecular formula is C13H18FN3O. The van der Waals surface area contributed by atoms with E-state index in [0.717, 1.165) is 22.6 Å². The zero-order chi connectivity index (χ0) is 13.7. The van der Waals surface area contributed by atoms with Crippen molar-refractivity contribution in [3.05, 3.63) is 34.4 Å². The van der Waals surface area contributed by atoms with Gasteiger partial charge in [0.1, 0.15) is 11.5 Å². The minimum Gasteiger partial charge on any atom is -0.391 e. The van der Waals surface area contributed by atoms with E-state index in [1.165, 1.54) is 6.08 Å². The highest BCUT2D eigenvalue weighted by Crippen LogP contribution is 2.18. The maximum Gasteiger partial charge on any atom is 0.168 e. The van der Waals surface area contributed by atoms with Gasteiger partial charge in [-0.2, -0.15) is 0 Å². The highest BCUT2D eigenvalue weighted by molar-refractivity contribution is 6.13. The minimum absolute atomic E-state index is 0.0128. The largest absolute Gasteiger partial charge is 0.391 e. The van der Waals surface area contributed by atoms with Crippen LogP contribution in [0.1, 0.15) is 13.8 Å². The van der Waals surface area contributed by atoms with E-state index in [4.69, 9.17) is 0 Å². The second-order valence-electron chi connectivity index (χ2n) is 3.97. The van der Waals surface area contributed by atoms with Crippen LogP contribution < -0.4 is 10.6 Å². The Bertz CT molecular complexity index is 473. The lowest BCUT2D eigenvalue weighted by molar-refractivity contribution is -0.105. The third-order valence-corrected chi connectivity index (χ3v) is 2.97. The molecule has 0 saturated carbocycles. The fourth-order valence-corrected chi connectivity index (χ4v) is 1.72. The number of nitrogens with zero attached hydrogens (tertiary/aromatic N) is 1. The topological polar surface area (TPSA) is 53.5 Å². The molecule has 18 heavy (non-hydrogen) atoms. The van der Waals surface area contributed by atoms with Gasteiger partial charge in [0.25, 0.3) is 0 Å². The van der Waals surface area contributed by atoms with E-state index in [1.54, 1.807) is 7.05 Å². The third-order valence-electron chi connectivity index (χ3n) is 2.97. The molecule has 5 heteroatoms. The number of halogens is 1. The standard InChI is InChI=1S/C13H18FN3O/c1-8(9(2)15-3)13(16-4)10-5-11(14)12(7-18)17-6-10/h5,7,15,17H,6H2,1-4H3/b9-8+,16-13+. The third kappa shape index (κ3) is 2.85. The lowest BCUT2D eigenvalue weighted by Gasteiger charge is -2.18. The van der Waals surface area contributed by atoms with Crippen molar-refractivity contribution in [2.24, 2.45) is 4.99 Å². The van der Waals surface area contributed by atoms with Crippen LogP contribution in [-0.4, -0.2) is 32.6 Å². The van der Waals surface area contributed by atoms with Gasteiger partial charge in [-0.05, 0) is 31.1 Å². The fourth-order valence-electron chi connectivity index (χ4n) is 1.72. The van der Waals surface area contributed by atoms with Crippen LogP contribution in [0.2, 0.25) is 0 Å². The van der Waals surface area contributed by atoms with Crippen LogP contribution in [-0.2, 0) is 4.79 Å². The number of hydrogen-bond acceptors (Lipinski definition) is 4. The molecule has 0 fully saturated rings. The predicted octanol–water partition coefficient (Wildman–Crippen LogP) is 1.48. The predicted molar refractivity (Wildman–Crippen MR) is 71.1 cm³/mol. The summed E-state index contributed by atoms with van der Waals surface area (Å²) in [5.74, 6) is -0.553. The molecule has 0 aromatic carbocycles. The van der Waals surface area contributed by atoms with E-state index >= 15 is 0 Å². The molecule has 98 valence electrons. The molecule has 0 saturated heterocycles. The first-order valence-electron chi connectivity index (χ1n) is 5.67. The molecule has 0 unspecified atom stereocenters. The van der Waals surface area contributed by atoms with Crippen LogP contribution in [0.5, 0.6) is 0 Å². The fraction of sp³-hybridized carbons (Fsp3) is 0.385. The lowest BCUT2D eigenvalue weighted by atomic mass is 9.99. The second kappa shape index (κ2) is 6.14. The summed E-state index contributed by atoms with van der Waals surface area (Å²) in [7, 11) is 3.49. The average Bonchev–Trinajstić information content (AvgIpc) is 2.38. The normalized spacial score (nSPS) is 17.8. The van der Waals surface area contributed by atoms with Crippen molar-refractivity contribution in [1.29, 1.82) is 0 Å². The molecule has 0 bridgehead atoms. The van der Waals surface area contributed by atoms with Gasteiger partial charge in [0.2, 0.25) is 0 Å². The maximum absolute atomic E-state index is 13.6. The van der Waals surface area contributed by atoms with E-state index in [0.29, 0.717) is 12.8 Å². The summed E-state index contributed by atoms with van der Waals surface area (Å²) < 4.78 is 13.6. The van der Waals surface area contributed by atoms with Crippen LogP contribution in [0.3, 0.4) is 0 Å². The van der Waals surface area contributed by atoms with Crippen molar-refractivity contribution in [3.63, 3.8) is 0 Å². The zero-order valence-corrected chi connectivity index (χ0v) is 11.1. The summed E-state index contributed by atoms with van der Waals surface area (Å²) in [4.78, 5) is 14.8. The van der Waals surface area contributed by atoms with Crippen LogP contribution in [0.15, 0.2) is 39.4 Å². The molecule has 0 spiro atoms. The molecule has 1 aliphatic heterocycles. The minimum atomic E-state index is -0.553. The molecule has 1 heterocycles. The van der Waals surface area contributed by atoms with Gasteiger partial charge in [-0.25, -0.2) is 4.39 Å². The molecule has 0 aliphatic carbocycles. The molecule has 1 rings (SSSR count). The Balaban J connectivity index is 3.15. The number of carbonyl (C=O) groups excluding carboxylic acids is 1. The average molecular weight is 251 g/mol. The second-order valence-corrected chi connectivity index (χ2v) is 3.97. The number of aliphatic imine (C=N–C) groups is 1. The highest BCUT2D eigenvalue weighted by atomic mass is 19.1. The molecule has 0 aromatic heterocycles. The number of carbonyl (C=O) groups is 1. The van der Waals surface area contributed by atoms with Crippen LogP contribution in [0.4, 0.5) is 4.39 Å². The summed E-state index contributed by atoms with van der Waals surface area (Å²) in [5, 5.41) is 5.78. The Hall–Kier alpha value is -1.91. The lowest BCUT2D eigenvalue weighted by Crippen LogP contribution is -2.27. The van der Waals surface area contributed by atoms with Crippen molar-refractivity contribution >= 4 is 12.0 Å². The first-order valence-corrected chi connectivity index (χ1v) is 5.67. The molecule has 0 radical (unpaired) electrons. The van der Waals surface area contributed by atoms with E-state index in [9.17, 15) is 9.18 Å². The molecule has 0 amide bonds. The molecule has 0 atom stereocenters. The Morgan fingerprint density at radius 2 is 2.22 bits per heavy atom. The number of rotatable bonds is 4. The maximum atomic E-state index is 13.6. The van der Waals surface area contributed by atoms with Gasteiger partial charge in [-0.3, -0.25) is 9.79 Å². The van der Waals surface area contributed by atoms with E-state index in [-0.39, 0.29) is 5.70 Å². The van der Waals surface area contributed by atoms with Crippen molar-refractivity contribution in [2.75, 3.05) is 20.6 Å². The smallest absolute Gasteiger partial charge is 0.168 e. The Labute approximate surface area is 106 Å². The van der Waals surface area contributed by atoms with Crippen molar-refractivity contribution in [1.82, 2.24) is 10.6 Å². The zero-order valence-electron chi connectivity index (χ0n) is 11.1. The van der Waals surface area contributed by atoms with Gasteiger partial charge < -0.3 is 10.6 Å². The van der Waals surface area contributed by atoms with Crippen molar-refractivity contribution in [3.8, 4) is 0 Å². The molecule has 0 aromatic rings. The summed E-state index contributed by atoms with van der Waals surface area (Å²) in [6, 6.07) is 0. The van der Waals surface area contributed by atoms with E-state index < -0.39 is 5.83 Å². The Morgan fingerprint density at radius 1 is 1.56 bits per heavy atom. The van der Waals surface area contributed by atoms with E-state index in [1.807, 2.05) is 20.9 Å².